The number of nitrogens with zero attached hydrogens (tertiary/aromatic N) is 5. The fraction of sp³-hybridized carbons (Fsp3) is 0.348. The van der Waals surface area contributed by atoms with Crippen LogP contribution in [0.3, 0.4) is 0 Å². The minimum atomic E-state index is -3.80. The first-order chi connectivity index (χ1) is 15.5. The first-order valence-corrected chi connectivity index (χ1v) is 12.1. The van der Waals surface area contributed by atoms with Crippen molar-refractivity contribution < 1.29 is 13.5 Å². The van der Waals surface area contributed by atoms with Gasteiger partial charge >= 0.3 is 0 Å². The van der Waals surface area contributed by atoms with Crippen LogP contribution in [0.15, 0.2) is 53.7 Å². The van der Waals surface area contributed by atoms with Crippen LogP contribution >= 0.6 is 0 Å². The van der Waals surface area contributed by atoms with Gasteiger partial charge in [-0.1, -0.05) is 18.2 Å². The van der Waals surface area contributed by atoms with Crippen molar-refractivity contribution in [2.45, 2.75) is 49.6 Å². The van der Waals surface area contributed by atoms with Gasteiger partial charge in [0.05, 0.1) is 22.7 Å². The average molecular weight is 450 g/mol. The lowest BCUT2D eigenvalue weighted by molar-refractivity contribution is 0.239. The quantitative estimate of drug-likeness (QED) is 0.496. The molecule has 3 heterocycles. The summed E-state index contributed by atoms with van der Waals surface area (Å²) < 4.78 is 29.7. The van der Waals surface area contributed by atoms with Gasteiger partial charge in [0.1, 0.15) is 17.9 Å². The molecule has 0 unspecified atom stereocenters. The van der Waals surface area contributed by atoms with E-state index >= 15 is 0 Å². The number of hydrogen-bond donors (Lipinski definition) is 1. The van der Waals surface area contributed by atoms with E-state index < -0.39 is 10.0 Å². The second-order valence-corrected chi connectivity index (χ2v) is 10.1. The highest BCUT2D eigenvalue weighted by Gasteiger charge is 2.28. The number of pyridine rings is 1. The van der Waals surface area contributed by atoms with Gasteiger partial charge in [-0.25, -0.2) is 22.4 Å². The molecule has 1 fully saturated rings. The largest absolute Gasteiger partial charge is 0.388 e. The Kier molecular flexibility index (Phi) is 5.19. The third kappa shape index (κ3) is 3.27. The van der Waals surface area contributed by atoms with Gasteiger partial charge in [-0.15, -0.1) is 0 Å². The Bertz CT molecular complexity index is 1430. The summed E-state index contributed by atoms with van der Waals surface area (Å²) in [5.74, 6) is 0.957. The highest BCUT2D eigenvalue weighted by Crippen LogP contribution is 2.38. The number of nitriles is 1. The number of imidazole rings is 1. The fourth-order valence-electron chi connectivity index (χ4n) is 4.84. The van der Waals surface area contributed by atoms with E-state index in [4.69, 9.17) is 5.26 Å². The van der Waals surface area contributed by atoms with Crippen molar-refractivity contribution in [1.82, 2.24) is 18.5 Å². The van der Waals surface area contributed by atoms with E-state index in [2.05, 4.69) is 20.6 Å². The van der Waals surface area contributed by atoms with Gasteiger partial charge in [-0.3, -0.25) is 0 Å². The minimum Gasteiger partial charge on any atom is -0.388 e. The first-order valence-electron chi connectivity index (χ1n) is 10.7. The van der Waals surface area contributed by atoms with Crippen LogP contribution in [0, 0.1) is 17.2 Å². The predicted octanol–water partition coefficient (Wildman–Crippen LogP) is 3.76. The molecule has 1 aliphatic carbocycles. The normalized spacial score (nSPS) is 19.4. The summed E-state index contributed by atoms with van der Waals surface area (Å²) in [5.41, 5.74) is 1.77. The molecule has 1 saturated carbocycles. The molecule has 164 valence electrons. The molecule has 5 rings (SSSR count). The molecule has 4 aromatic rings. The zero-order chi connectivity index (χ0) is 22.3. The molecule has 0 atom stereocenters. The molecule has 32 heavy (non-hydrogen) atoms. The topological polar surface area (TPSA) is 114 Å². The van der Waals surface area contributed by atoms with Crippen LogP contribution in [0.25, 0.3) is 22.1 Å². The van der Waals surface area contributed by atoms with E-state index in [9.17, 15) is 13.5 Å². The molecular weight excluding hydrogens is 426 g/mol. The first kappa shape index (κ1) is 20.7. The van der Waals surface area contributed by atoms with Crippen LogP contribution in [0.1, 0.15) is 44.0 Å². The predicted molar refractivity (Wildman–Crippen MR) is 119 cm³/mol. The zero-order valence-corrected chi connectivity index (χ0v) is 18.2. The molecule has 0 aliphatic heterocycles. The van der Waals surface area contributed by atoms with Crippen LogP contribution in [-0.2, 0) is 16.6 Å². The lowest BCUT2D eigenvalue weighted by Gasteiger charge is -2.29. The van der Waals surface area contributed by atoms with Gasteiger partial charge in [0.25, 0.3) is 10.0 Å². The number of fused-ring (bicyclic) bond motifs is 3. The maximum Gasteiger partial charge on any atom is 0.269 e. The number of rotatable bonds is 5. The van der Waals surface area contributed by atoms with Gasteiger partial charge in [0, 0.05) is 24.0 Å². The summed E-state index contributed by atoms with van der Waals surface area (Å²) in [6.45, 7) is -0.211. The standard InChI is InChI=1S/C23H23N5O3S/c24-12-10-16-6-8-17(9-7-16)28-21(15-29)26-20-14-25-23-19(22(20)28)11-13-27(23)32(30,31)18-4-2-1-3-5-18/h1-5,11,13-14,16-17,29H,6-10,15H2. The molecule has 3 aromatic heterocycles. The van der Waals surface area contributed by atoms with E-state index in [-0.39, 0.29) is 17.5 Å². The molecule has 0 spiro atoms. The molecular formula is C23H23N5O3S. The number of aromatic nitrogens is 4. The zero-order valence-electron chi connectivity index (χ0n) is 17.4. The lowest BCUT2D eigenvalue weighted by atomic mass is 9.84. The lowest BCUT2D eigenvalue weighted by Crippen LogP contribution is -2.20. The number of aliphatic hydroxyl groups is 1. The fourth-order valence-corrected chi connectivity index (χ4v) is 6.16. The Labute approximate surface area is 185 Å². The number of hydrogen-bond acceptors (Lipinski definition) is 6. The van der Waals surface area contributed by atoms with Crippen molar-refractivity contribution in [3.63, 3.8) is 0 Å². The van der Waals surface area contributed by atoms with Crippen LogP contribution in [-0.4, -0.2) is 32.0 Å². The van der Waals surface area contributed by atoms with Crippen molar-refractivity contribution in [1.29, 1.82) is 5.26 Å². The van der Waals surface area contributed by atoms with E-state index in [1.807, 2.05) is 0 Å². The maximum absolute atomic E-state index is 13.2. The van der Waals surface area contributed by atoms with Crippen molar-refractivity contribution in [3.8, 4) is 6.07 Å². The Morgan fingerprint density at radius 1 is 1.12 bits per heavy atom. The molecule has 0 radical (unpaired) electrons. The third-order valence-corrected chi connectivity index (χ3v) is 8.08. The smallest absolute Gasteiger partial charge is 0.269 e. The molecule has 1 N–H and O–H groups in total. The highest BCUT2D eigenvalue weighted by molar-refractivity contribution is 7.90. The van der Waals surface area contributed by atoms with Crippen LogP contribution in [0.4, 0.5) is 0 Å². The Hall–Kier alpha value is -3.22. The van der Waals surface area contributed by atoms with E-state index in [1.54, 1.807) is 42.6 Å². The van der Waals surface area contributed by atoms with E-state index in [1.165, 1.54) is 10.2 Å². The summed E-state index contributed by atoms with van der Waals surface area (Å²) in [5, 5.41) is 19.7. The summed E-state index contributed by atoms with van der Waals surface area (Å²) >= 11 is 0. The maximum atomic E-state index is 13.2. The van der Waals surface area contributed by atoms with Crippen LogP contribution < -0.4 is 0 Å². The summed E-state index contributed by atoms with van der Waals surface area (Å²) in [6, 6.07) is 12.4. The number of benzene rings is 1. The summed E-state index contributed by atoms with van der Waals surface area (Å²) in [7, 11) is -3.80. The molecule has 0 bridgehead atoms. The second kappa shape index (κ2) is 8.04. The Morgan fingerprint density at radius 3 is 2.56 bits per heavy atom. The van der Waals surface area contributed by atoms with Crippen LogP contribution in [0.5, 0.6) is 0 Å². The van der Waals surface area contributed by atoms with Gasteiger partial charge in [0.2, 0.25) is 0 Å². The van der Waals surface area contributed by atoms with Crippen molar-refractivity contribution >= 4 is 32.1 Å². The Morgan fingerprint density at radius 2 is 1.88 bits per heavy atom. The van der Waals surface area contributed by atoms with Crippen molar-refractivity contribution in [3.05, 3.63) is 54.6 Å². The van der Waals surface area contributed by atoms with Crippen molar-refractivity contribution in [2.24, 2.45) is 5.92 Å². The third-order valence-electron chi connectivity index (χ3n) is 6.40. The van der Waals surface area contributed by atoms with Gasteiger partial charge in [-0.2, -0.15) is 5.26 Å². The summed E-state index contributed by atoms with van der Waals surface area (Å²) in [6.07, 6.45) is 7.33. The second-order valence-electron chi connectivity index (χ2n) is 8.25. The molecule has 9 heteroatoms. The monoisotopic (exact) mass is 449 g/mol. The summed E-state index contributed by atoms with van der Waals surface area (Å²) in [4.78, 5) is 9.20. The molecule has 0 saturated heterocycles. The minimum absolute atomic E-state index is 0.136. The average Bonchev–Trinajstić information content (AvgIpc) is 3.42. The van der Waals surface area contributed by atoms with Gasteiger partial charge in [0.15, 0.2) is 5.65 Å². The van der Waals surface area contributed by atoms with Crippen molar-refractivity contribution in [2.75, 3.05) is 0 Å². The number of aliphatic hydroxyl groups excluding tert-OH is 1. The molecule has 1 aliphatic rings. The molecule has 8 nitrogen and oxygen atoms in total. The molecule has 1 aromatic carbocycles. The SMILES string of the molecule is N#CCC1CCC(n2c(CO)nc3cnc4c(ccn4S(=O)(=O)c4ccccc4)c32)CC1. The van der Waals surface area contributed by atoms with Gasteiger partial charge in [-0.05, 0) is 49.8 Å². The van der Waals surface area contributed by atoms with E-state index in [0.717, 1.165) is 31.2 Å². The molecule has 0 amide bonds. The van der Waals surface area contributed by atoms with Crippen LogP contribution in [0.2, 0.25) is 0 Å². The Balaban J connectivity index is 1.65. The highest BCUT2D eigenvalue weighted by atomic mass is 32.2. The van der Waals surface area contributed by atoms with E-state index in [0.29, 0.717) is 34.7 Å². The van der Waals surface area contributed by atoms with Gasteiger partial charge < -0.3 is 9.67 Å².